The average Bonchev–Trinajstić information content (AvgIpc) is 2.91. The van der Waals surface area contributed by atoms with Gasteiger partial charge in [-0.3, -0.25) is 4.79 Å². The van der Waals surface area contributed by atoms with Crippen molar-refractivity contribution in [3.05, 3.63) is 47.8 Å². The highest BCUT2D eigenvalue weighted by Crippen LogP contribution is 2.25. The first-order valence-corrected chi connectivity index (χ1v) is 8.02. The van der Waals surface area contributed by atoms with Crippen LogP contribution < -0.4 is 0 Å². The van der Waals surface area contributed by atoms with Crippen molar-refractivity contribution >= 4 is 17.7 Å². The van der Waals surface area contributed by atoms with Crippen molar-refractivity contribution in [1.29, 1.82) is 0 Å². The Kier molecular flexibility index (Phi) is 4.01. The molecule has 1 aromatic carbocycles. The highest BCUT2D eigenvalue weighted by molar-refractivity contribution is 8.00. The smallest absolute Gasteiger partial charge is 0.236 e. The van der Waals surface area contributed by atoms with Crippen LogP contribution in [0.5, 0.6) is 0 Å². The second-order valence-corrected chi connectivity index (χ2v) is 6.67. The van der Waals surface area contributed by atoms with Crippen LogP contribution in [0.3, 0.4) is 0 Å². The highest BCUT2D eigenvalue weighted by atomic mass is 32.2. The molecule has 3 rings (SSSR count). The van der Waals surface area contributed by atoms with E-state index in [1.165, 1.54) is 22.9 Å². The summed E-state index contributed by atoms with van der Waals surface area (Å²) in [5.41, 5.74) is 2.64. The summed E-state index contributed by atoms with van der Waals surface area (Å²) in [6, 6.07) is 8.38. The molecule has 0 saturated heterocycles. The number of carbonyl (C=O) groups is 1. The van der Waals surface area contributed by atoms with Crippen LogP contribution in [-0.2, 0) is 24.8 Å². The number of nitrogens with zero attached hydrogens (tertiary/aromatic N) is 3. The first-order valence-electron chi connectivity index (χ1n) is 7.14. The number of hydrogen-bond acceptors (Lipinski definition) is 3. The summed E-state index contributed by atoms with van der Waals surface area (Å²) in [5.74, 6) is 0.192. The van der Waals surface area contributed by atoms with E-state index >= 15 is 0 Å². The molecular formula is C16H19N3OS. The summed E-state index contributed by atoms with van der Waals surface area (Å²) in [4.78, 5) is 18.8. The molecule has 5 heteroatoms. The van der Waals surface area contributed by atoms with Gasteiger partial charge in [0, 0.05) is 32.5 Å². The fraction of sp³-hybridized carbons (Fsp3) is 0.375. The zero-order chi connectivity index (χ0) is 14.8. The van der Waals surface area contributed by atoms with Gasteiger partial charge in [0.15, 0.2) is 5.16 Å². The molecule has 1 aliphatic heterocycles. The third kappa shape index (κ3) is 2.97. The Morgan fingerprint density at radius 2 is 2.10 bits per heavy atom. The lowest BCUT2D eigenvalue weighted by atomic mass is 10.00. The molecule has 0 N–H and O–H groups in total. The first-order chi connectivity index (χ1) is 10.1. The molecule has 0 fully saturated rings. The summed E-state index contributed by atoms with van der Waals surface area (Å²) >= 11 is 1.52. The molecule has 21 heavy (non-hydrogen) atoms. The molecule has 2 aromatic rings. The lowest BCUT2D eigenvalue weighted by Crippen LogP contribution is -2.40. The molecule has 0 bridgehead atoms. The molecule has 0 aliphatic carbocycles. The molecule has 1 aromatic heterocycles. The van der Waals surface area contributed by atoms with Crippen LogP contribution in [0.15, 0.2) is 41.8 Å². The van der Waals surface area contributed by atoms with Crippen LogP contribution in [-0.4, -0.2) is 32.2 Å². The Morgan fingerprint density at radius 1 is 1.33 bits per heavy atom. The Hall–Kier alpha value is -1.75. The molecular weight excluding hydrogens is 282 g/mol. The summed E-state index contributed by atoms with van der Waals surface area (Å²) < 4.78 is 1.94. The van der Waals surface area contributed by atoms with Gasteiger partial charge in [-0.2, -0.15) is 0 Å². The van der Waals surface area contributed by atoms with Crippen LogP contribution in [0.4, 0.5) is 0 Å². The average molecular weight is 301 g/mol. The predicted octanol–water partition coefficient (Wildman–Crippen LogP) is 2.49. The Labute approximate surface area is 129 Å². The minimum absolute atomic E-state index is 0.114. The van der Waals surface area contributed by atoms with Crippen LogP contribution in [0.25, 0.3) is 0 Å². The van der Waals surface area contributed by atoms with Gasteiger partial charge in [-0.1, -0.05) is 36.0 Å². The van der Waals surface area contributed by atoms with Crippen LogP contribution in [0, 0.1) is 0 Å². The number of hydrogen-bond donors (Lipinski definition) is 0. The van der Waals surface area contributed by atoms with E-state index in [-0.39, 0.29) is 11.2 Å². The van der Waals surface area contributed by atoms with Crippen molar-refractivity contribution in [3.63, 3.8) is 0 Å². The summed E-state index contributed by atoms with van der Waals surface area (Å²) in [7, 11) is 1.95. The van der Waals surface area contributed by atoms with E-state index in [2.05, 4.69) is 23.2 Å². The number of benzene rings is 1. The number of thioether (sulfide) groups is 1. The molecule has 0 saturated carbocycles. The number of carbonyl (C=O) groups excluding carboxylic acids is 1. The van der Waals surface area contributed by atoms with Crippen molar-refractivity contribution in [1.82, 2.24) is 14.5 Å². The van der Waals surface area contributed by atoms with Gasteiger partial charge in [0.05, 0.1) is 5.25 Å². The number of aryl methyl sites for hydroxylation is 1. The van der Waals surface area contributed by atoms with E-state index < -0.39 is 0 Å². The van der Waals surface area contributed by atoms with E-state index in [1.807, 2.05) is 35.7 Å². The zero-order valence-corrected chi connectivity index (χ0v) is 13.1. The first kappa shape index (κ1) is 14.2. The maximum absolute atomic E-state index is 12.6. The molecule has 1 unspecified atom stereocenters. The monoisotopic (exact) mass is 301 g/mol. The Balaban J connectivity index is 1.67. The zero-order valence-electron chi connectivity index (χ0n) is 12.3. The maximum Gasteiger partial charge on any atom is 0.236 e. The minimum atomic E-state index is -0.114. The van der Waals surface area contributed by atoms with Gasteiger partial charge in [-0.15, -0.1) is 0 Å². The second kappa shape index (κ2) is 5.93. The van der Waals surface area contributed by atoms with Gasteiger partial charge in [-0.05, 0) is 24.5 Å². The molecule has 0 radical (unpaired) electrons. The van der Waals surface area contributed by atoms with Gasteiger partial charge in [-0.25, -0.2) is 4.98 Å². The summed E-state index contributed by atoms with van der Waals surface area (Å²) in [5, 5.41) is 0.768. The predicted molar refractivity (Wildman–Crippen MR) is 84.1 cm³/mol. The number of amides is 1. The third-order valence-electron chi connectivity index (χ3n) is 3.85. The van der Waals surface area contributed by atoms with Gasteiger partial charge < -0.3 is 9.47 Å². The van der Waals surface area contributed by atoms with Crippen molar-refractivity contribution < 1.29 is 4.79 Å². The number of aromatic nitrogens is 2. The van der Waals surface area contributed by atoms with E-state index in [4.69, 9.17) is 0 Å². The molecule has 1 atom stereocenters. The Morgan fingerprint density at radius 3 is 2.81 bits per heavy atom. The van der Waals surface area contributed by atoms with Gasteiger partial charge in [0.2, 0.25) is 5.91 Å². The van der Waals surface area contributed by atoms with E-state index in [9.17, 15) is 4.79 Å². The fourth-order valence-corrected chi connectivity index (χ4v) is 3.53. The minimum Gasteiger partial charge on any atom is -0.337 e. The SMILES string of the molecule is CC(Sc1nccn1C)C(=O)N1CCc2ccccc2C1. The third-order valence-corrected chi connectivity index (χ3v) is 5.01. The van der Waals surface area contributed by atoms with Crippen molar-refractivity contribution in [2.45, 2.75) is 30.3 Å². The van der Waals surface area contributed by atoms with Gasteiger partial charge in [0.25, 0.3) is 0 Å². The van der Waals surface area contributed by atoms with E-state index in [1.54, 1.807) is 6.20 Å². The summed E-state index contributed by atoms with van der Waals surface area (Å²) in [6.07, 6.45) is 4.61. The quantitative estimate of drug-likeness (QED) is 0.818. The van der Waals surface area contributed by atoms with E-state index in [0.717, 1.165) is 24.7 Å². The lowest BCUT2D eigenvalue weighted by molar-refractivity contribution is -0.131. The van der Waals surface area contributed by atoms with E-state index in [0.29, 0.717) is 0 Å². The Bertz CT molecular complexity index is 652. The van der Waals surface area contributed by atoms with Crippen LogP contribution in [0.1, 0.15) is 18.1 Å². The number of fused-ring (bicyclic) bond motifs is 1. The second-order valence-electron chi connectivity index (χ2n) is 5.36. The maximum atomic E-state index is 12.6. The van der Waals surface area contributed by atoms with Gasteiger partial charge >= 0.3 is 0 Å². The van der Waals surface area contributed by atoms with Crippen LogP contribution >= 0.6 is 11.8 Å². The standard InChI is InChI=1S/C16H19N3OS/c1-12(21-16-17-8-10-18(16)2)15(20)19-9-7-13-5-3-4-6-14(13)11-19/h3-6,8,10,12H,7,9,11H2,1-2H3. The molecule has 1 amide bonds. The summed E-state index contributed by atoms with van der Waals surface area (Å²) in [6.45, 7) is 3.49. The molecule has 1 aliphatic rings. The number of imidazole rings is 1. The molecule has 110 valence electrons. The van der Waals surface area contributed by atoms with Crippen LogP contribution in [0.2, 0.25) is 0 Å². The largest absolute Gasteiger partial charge is 0.337 e. The van der Waals surface area contributed by atoms with Crippen molar-refractivity contribution in [2.75, 3.05) is 6.54 Å². The normalized spacial score (nSPS) is 15.6. The lowest BCUT2D eigenvalue weighted by Gasteiger charge is -2.30. The highest BCUT2D eigenvalue weighted by Gasteiger charge is 2.25. The molecule has 4 nitrogen and oxygen atoms in total. The van der Waals surface area contributed by atoms with Gasteiger partial charge in [0.1, 0.15) is 0 Å². The molecule has 2 heterocycles. The number of rotatable bonds is 3. The fourth-order valence-electron chi connectivity index (χ4n) is 2.61. The van der Waals surface area contributed by atoms with Crippen molar-refractivity contribution in [3.8, 4) is 0 Å². The van der Waals surface area contributed by atoms with Crippen molar-refractivity contribution in [2.24, 2.45) is 7.05 Å². The molecule has 0 spiro atoms. The topological polar surface area (TPSA) is 38.1 Å².